The van der Waals surface area contributed by atoms with Crippen molar-refractivity contribution >= 4 is 0 Å². The summed E-state index contributed by atoms with van der Waals surface area (Å²) in [6.07, 6.45) is -1.68. The van der Waals surface area contributed by atoms with Crippen LogP contribution in [0.4, 0.5) is 0 Å². The first-order valence-electron chi connectivity index (χ1n) is 5.11. The minimum Gasteiger partial charge on any atom is -0.396 e. The second-order valence-electron chi connectivity index (χ2n) is 3.94. The van der Waals surface area contributed by atoms with Crippen molar-refractivity contribution in [1.82, 2.24) is 0 Å². The number of ether oxygens (including phenoxy) is 1. The van der Waals surface area contributed by atoms with E-state index in [-0.39, 0.29) is 0 Å². The molecule has 100 valence electrons. The van der Waals surface area contributed by atoms with Crippen LogP contribution < -0.4 is 0 Å². The van der Waals surface area contributed by atoms with E-state index in [0.29, 0.717) is 0 Å². The Bertz CT molecular complexity index is 417. The first kappa shape index (κ1) is 16.8. The van der Waals surface area contributed by atoms with Crippen molar-refractivity contribution in [1.29, 1.82) is 21.0 Å². The quantitative estimate of drug-likeness (QED) is 0.495. The Morgan fingerprint density at radius 2 is 1.32 bits per heavy atom. The number of nitrogens with zero attached hydrogens (tertiary/aromatic N) is 4. The fourth-order valence-corrected chi connectivity index (χ4v) is 1.06. The SMILES string of the molecule is N#CC(OCC(CO)(CO)CO)C(C#N)(C#N)C#N. The third kappa shape index (κ3) is 3.39. The second kappa shape index (κ2) is 7.28. The number of nitriles is 4. The van der Waals surface area contributed by atoms with Gasteiger partial charge < -0.3 is 20.1 Å². The van der Waals surface area contributed by atoms with Crippen molar-refractivity contribution in [2.75, 3.05) is 26.4 Å². The molecule has 0 saturated heterocycles. The van der Waals surface area contributed by atoms with Gasteiger partial charge in [0.1, 0.15) is 18.2 Å². The molecule has 1 unspecified atom stereocenters. The van der Waals surface area contributed by atoms with Gasteiger partial charge in [0.05, 0.1) is 37.9 Å². The van der Waals surface area contributed by atoms with Crippen molar-refractivity contribution in [3.8, 4) is 24.3 Å². The van der Waals surface area contributed by atoms with Crippen LogP contribution in [0.3, 0.4) is 0 Å². The minimum atomic E-state index is -2.30. The first-order chi connectivity index (χ1) is 9.03. The predicted octanol–water partition coefficient (Wildman–Crippen LogP) is -1.58. The fourth-order valence-electron chi connectivity index (χ4n) is 1.06. The van der Waals surface area contributed by atoms with E-state index in [2.05, 4.69) is 0 Å². The lowest BCUT2D eigenvalue weighted by atomic mass is 9.86. The minimum absolute atomic E-state index is 0.485. The lowest BCUT2D eigenvalue weighted by Crippen LogP contribution is -2.42. The zero-order valence-corrected chi connectivity index (χ0v) is 9.94. The Hall–Kier alpha value is -2.20. The van der Waals surface area contributed by atoms with Gasteiger partial charge in [-0.3, -0.25) is 0 Å². The number of hydrogen-bond acceptors (Lipinski definition) is 8. The molecule has 8 heteroatoms. The molecule has 0 aliphatic carbocycles. The van der Waals surface area contributed by atoms with Gasteiger partial charge in [-0.1, -0.05) is 0 Å². The number of aliphatic hydroxyl groups is 3. The molecule has 0 aliphatic rings. The molecule has 3 N–H and O–H groups in total. The Kier molecular flexibility index (Phi) is 6.44. The Balaban J connectivity index is 5.08. The molecule has 0 aromatic heterocycles. The molecule has 0 aliphatic heterocycles. The van der Waals surface area contributed by atoms with Crippen LogP contribution in [0.25, 0.3) is 0 Å². The van der Waals surface area contributed by atoms with Crippen LogP contribution in [0.15, 0.2) is 0 Å². The molecule has 0 radical (unpaired) electrons. The van der Waals surface area contributed by atoms with Crippen molar-refractivity contribution in [3.63, 3.8) is 0 Å². The van der Waals surface area contributed by atoms with Gasteiger partial charge in [0.25, 0.3) is 5.41 Å². The monoisotopic (exact) mass is 264 g/mol. The van der Waals surface area contributed by atoms with Crippen LogP contribution in [0.2, 0.25) is 0 Å². The maximum atomic E-state index is 9.06. The van der Waals surface area contributed by atoms with Gasteiger partial charge in [0, 0.05) is 0 Å². The van der Waals surface area contributed by atoms with Crippen molar-refractivity contribution in [2.24, 2.45) is 10.8 Å². The number of rotatable bonds is 7. The largest absolute Gasteiger partial charge is 0.396 e. The van der Waals surface area contributed by atoms with Gasteiger partial charge >= 0.3 is 0 Å². The van der Waals surface area contributed by atoms with Gasteiger partial charge in [0.15, 0.2) is 6.10 Å². The molecule has 0 heterocycles. The van der Waals surface area contributed by atoms with Crippen LogP contribution >= 0.6 is 0 Å². The highest BCUT2D eigenvalue weighted by molar-refractivity contribution is 5.32. The van der Waals surface area contributed by atoms with E-state index < -0.39 is 43.4 Å². The van der Waals surface area contributed by atoms with E-state index in [4.69, 9.17) is 41.1 Å². The molecular formula is C11H12N4O4. The number of aliphatic hydroxyl groups excluding tert-OH is 3. The van der Waals surface area contributed by atoms with Gasteiger partial charge in [0.2, 0.25) is 0 Å². The highest BCUT2D eigenvalue weighted by atomic mass is 16.5. The van der Waals surface area contributed by atoms with Crippen LogP contribution in [-0.2, 0) is 4.74 Å². The topological polar surface area (TPSA) is 165 Å². The smallest absolute Gasteiger partial charge is 0.267 e. The van der Waals surface area contributed by atoms with Crippen LogP contribution in [0, 0.1) is 56.2 Å². The summed E-state index contributed by atoms with van der Waals surface area (Å²) in [4.78, 5) is 0. The van der Waals surface area contributed by atoms with Crippen LogP contribution in [-0.4, -0.2) is 47.9 Å². The summed E-state index contributed by atoms with van der Waals surface area (Å²) in [7, 11) is 0. The average Bonchev–Trinajstić information content (AvgIpc) is 2.48. The highest BCUT2D eigenvalue weighted by Gasteiger charge is 2.43. The maximum absolute atomic E-state index is 9.06. The zero-order valence-electron chi connectivity index (χ0n) is 9.94. The van der Waals surface area contributed by atoms with E-state index in [0.717, 1.165) is 0 Å². The van der Waals surface area contributed by atoms with E-state index in [1.807, 2.05) is 0 Å². The third-order valence-corrected chi connectivity index (χ3v) is 2.60. The maximum Gasteiger partial charge on any atom is 0.267 e. The van der Waals surface area contributed by atoms with Gasteiger partial charge in [-0.05, 0) is 0 Å². The third-order valence-electron chi connectivity index (χ3n) is 2.60. The van der Waals surface area contributed by atoms with E-state index in [1.54, 1.807) is 0 Å². The molecule has 0 rings (SSSR count). The summed E-state index contributed by atoms with van der Waals surface area (Å²) in [6.45, 7) is -2.37. The molecule has 0 aromatic rings. The Morgan fingerprint density at radius 3 is 1.58 bits per heavy atom. The normalized spacial score (nSPS) is 12.6. The highest BCUT2D eigenvalue weighted by Crippen LogP contribution is 2.25. The fraction of sp³-hybridized carbons (Fsp3) is 0.636. The molecule has 19 heavy (non-hydrogen) atoms. The van der Waals surface area contributed by atoms with E-state index >= 15 is 0 Å². The van der Waals surface area contributed by atoms with Crippen LogP contribution in [0.5, 0.6) is 0 Å². The molecule has 0 spiro atoms. The van der Waals surface area contributed by atoms with Gasteiger partial charge in [-0.25, -0.2) is 0 Å². The van der Waals surface area contributed by atoms with Crippen molar-refractivity contribution < 1.29 is 20.1 Å². The van der Waals surface area contributed by atoms with Gasteiger partial charge in [-0.2, -0.15) is 21.0 Å². The predicted molar refractivity (Wildman–Crippen MR) is 58.3 cm³/mol. The Morgan fingerprint density at radius 1 is 0.895 bits per heavy atom. The second-order valence-corrected chi connectivity index (χ2v) is 3.94. The average molecular weight is 264 g/mol. The molecular weight excluding hydrogens is 252 g/mol. The summed E-state index contributed by atoms with van der Waals surface area (Å²) in [6, 6.07) is 5.70. The lowest BCUT2D eigenvalue weighted by molar-refractivity contribution is -0.0768. The summed E-state index contributed by atoms with van der Waals surface area (Å²) in [5.41, 5.74) is -3.72. The molecule has 0 fully saturated rings. The summed E-state index contributed by atoms with van der Waals surface area (Å²) < 4.78 is 4.96. The zero-order chi connectivity index (χ0) is 14.9. The molecule has 0 aromatic carbocycles. The molecule has 8 nitrogen and oxygen atoms in total. The molecule has 0 saturated carbocycles. The van der Waals surface area contributed by atoms with Crippen LogP contribution in [0.1, 0.15) is 0 Å². The molecule has 0 bridgehead atoms. The standard InChI is InChI=1S/C11H12N4O4/c12-1-9(11(2-13,3-14)4-15)19-8-10(5-16,6-17)7-18/h9,16-18H,5-8H2. The first-order valence-corrected chi connectivity index (χ1v) is 5.11. The van der Waals surface area contributed by atoms with Crippen molar-refractivity contribution in [2.45, 2.75) is 6.10 Å². The summed E-state index contributed by atoms with van der Waals surface area (Å²) in [5.74, 6) is 0. The van der Waals surface area contributed by atoms with E-state index in [9.17, 15) is 0 Å². The lowest BCUT2D eigenvalue weighted by Gasteiger charge is -2.29. The molecule has 0 amide bonds. The van der Waals surface area contributed by atoms with E-state index in [1.165, 1.54) is 24.3 Å². The Labute approximate surface area is 109 Å². The summed E-state index contributed by atoms with van der Waals surface area (Å²) in [5, 5.41) is 62.4. The summed E-state index contributed by atoms with van der Waals surface area (Å²) >= 11 is 0. The molecule has 1 atom stereocenters. The van der Waals surface area contributed by atoms with Crippen molar-refractivity contribution in [3.05, 3.63) is 0 Å². The van der Waals surface area contributed by atoms with Gasteiger partial charge in [-0.15, -0.1) is 0 Å². The number of hydrogen-bond donors (Lipinski definition) is 3.